The fourth-order valence-electron chi connectivity index (χ4n) is 1.72. The Balaban J connectivity index is 2.41. The lowest BCUT2D eigenvalue weighted by molar-refractivity contribution is 0.518. The molecule has 1 heterocycles. The van der Waals surface area contributed by atoms with Crippen molar-refractivity contribution in [3.8, 4) is 0 Å². The Hall–Kier alpha value is -0.480. The predicted molar refractivity (Wildman–Crippen MR) is 81.3 cm³/mol. The molecule has 0 aliphatic heterocycles. The summed E-state index contributed by atoms with van der Waals surface area (Å²) >= 11 is 2.03. The first kappa shape index (κ1) is 15.6. The van der Waals surface area contributed by atoms with Crippen LogP contribution in [0.3, 0.4) is 0 Å². The van der Waals surface area contributed by atoms with E-state index in [1.54, 1.807) is 0 Å². The van der Waals surface area contributed by atoms with E-state index in [9.17, 15) is 0 Å². The maximum atomic E-state index is 4.61. The van der Waals surface area contributed by atoms with Gasteiger partial charge < -0.3 is 5.32 Å². The molecule has 0 saturated heterocycles. The number of hydrogen-bond acceptors (Lipinski definition) is 3. The second-order valence-corrected chi connectivity index (χ2v) is 6.58. The lowest BCUT2D eigenvalue weighted by Gasteiger charge is -2.15. The average molecular weight is 269 g/mol. The molecule has 18 heavy (non-hydrogen) atoms. The first-order chi connectivity index (χ1) is 8.52. The molecular weight excluding hydrogens is 242 g/mol. The Bertz CT molecular complexity index is 334. The molecule has 0 amide bonds. The summed E-state index contributed by atoms with van der Waals surface area (Å²) in [5, 5.41) is 8.00. The van der Waals surface area contributed by atoms with Gasteiger partial charge in [0.25, 0.3) is 0 Å². The summed E-state index contributed by atoms with van der Waals surface area (Å²) in [5.74, 6) is 3.16. The van der Waals surface area contributed by atoms with E-state index in [-0.39, 0.29) is 0 Å². The minimum atomic E-state index is 0.446. The molecule has 0 aliphatic rings. The first-order valence-electron chi connectivity index (χ1n) is 6.82. The third kappa shape index (κ3) is 5.44. The molecular formula is C14H27N3S. The van der Waals surface area contributed by atoms with Crippen LogP contribution < -0.4 is 5.32 Å². The molecule has 1 rings (SSSR count). The van der Waals surface area contributed by atoms with Crippen molar-refractivity contribution in [2.24, 2.45) is 5.92 Å². The molecule has 1 aromatic heterocycles. The minimum absolute atomic E-state index is 0.446. The Morgan fingerprint density at radius 1 is 1.28 bits per heavy atom. The third-order valence-corrected chi connectivity index (χ3v) is 4.37. The number of nitrogens with one attached hydrogen (secondary N) is 1. The fourth-order valence-corrected chi connectivity index (χ4v) is 2.89. The number of hydrogen-bond donors (Lipinski definition) is 1. The zero-order valence-electron chi connectivity index (χ0n) is 12.3. The molecule has 1 N–H and O–H groups in total. The van der Waals surface area contributed by atoms with Gasteiger partial charge in [-0.2, -0.15) is 16.9 Å². The van der Waals surface area contributed by atoms with Gasteiger partial charge in [0.2, 0.25) is 0 Å². The molecule has 0 radical (unpaired) electrons. The summed E-state index contributed by atoms with van der Waals surface area (Å²) < 4.78 is 2.03. The maximum absolute atomic E-state index is 4.61. The second kappa shape index (κ2) is 7.85. The lowest BCUT2D eigenvalue weighted by atomic mass is 10.2. The second-order valence-electron chi connectivity index (χ2n) is 5.50. The van der Waals surface area contributed by atoms with Crippen molar-refractivity contribution in [2.45, 2.75) is 46.2 Å². The molecule has 1 unspecified atom stereocenters. The van der Waals surface area contributed by atoms with Gasteiger partial charge in [-0.25, -0.2) is 0 Å². The topological polar surface area (TPSA) is 29.9 Å². The van der Waals surface area contributed by atoms with Gasteiger partial charge >= 0.3 is 0 Å². The van der Waals surface area contributed by atoms with E-state index in [0.717, 1.165) is 18.1 Å². The zero-order valence-corrected chi connectivity index (χ0v) is 13.1. The van der Waals surface area contributed by atoms with Crippen molar-refractivity contribution in [1.82, 2.24) is 15.1 Å². The smallest absolute Gasteiger partial charge is 0.0640 e. The van der Waals surface area contributed by atoms with Crippen molar-refractivity contribution < 1.29 is 0 Å². The van der Waals surface area contributed by atoms with Crippen LogP contribution in [0.2, 0.25) is 0 Å². The average Bonchev–Trinajstić information content (AvgIpc) is 2.76. The minimum Gasteiger partial charge on any atom is -0.316 e. The van der Waals surface area contributed by atoms with E-state index in [1.165, 1.54) is 11.4 Å². The Morgan fingerprint density at radius 2 is 2.00 bits per heavy atom. The highest BCUT2D eigenvalue weighted by Gasteiger charge is 2.10. The monoisotopic (exact) mass is 269 g/mol. The van der Waals surface area contributed by atoms with Crippen molar-refractivity contribution in [3.63, 3.8) is 0 Å². The van der Waals surface area contributed by atoms with E-state index in [0.29, 0.717) is 12.1 Å². The van der Waals surface area contributed by atoms with Crippen LogP contribution in [0.4, 0.5) is 0 Å². The molecule has 3 nitrogen and oxygen atoms in total. The number of rotatable bonds is 8. The molecule has 4 heteroatoms. The van der Waals surface area contributed by atoms with Crippen LogP contribution in [0.5, 0.6) is 0 Å². The van der Waals surface area contributed by atoms with Crippen molar-refractivity contribution in [3.05, 3.63) is 18.0 Å². The van der Waals surface area contributed by atoms with Crippen molar-refractivity contribution >= 4 is 11.8 Å². The Labute approximate surface area is 116 Å². The predicted octanol–water partition coefficient (Wildman–Crippen LogP) is 2.98. The number of likely N-dealkylation sites (N-methyl/N-ethyl adjacent to an activating group) is 1. The summed E-state index contributed by atoms with van der Waals surface area (Å²) in [6, 6.07) is 3.10. The van der Waals surface area contributed by atoms with Crippen LogP contribution in [-0.4, -0.2) is 34.4 Å². The van der Waals surface area contributed by atoms with Crippen molar-refractivity contribution in [1.29, 1.82) is 0 Å². The summed E-state index contributed by atoms with van der Waals surface area (Å²) in [5.41, 5.74) is 1.19. The van der Waals surface area contributed by atoms with Gasteiger partial charge in [0.05, 0.1) is 5.69 Å². The number of nitrogens with zero attached hydrogens (tertiary/aromatic N) is 2. The normalized spacial score (nSPS) is 13.5. The Morgan fingerprint density at radius 3 is 2.50 bits per heavy atom. The van der Waals surface area contributed by atoms with Gasteiger partial charge in [0.15, 0.2) is 0 Å². The highest BCUT2D eigenvalue weighted by atomic mass is 32.2. The largest absolute Gasteiger partial charge is 0.316 e. The summed E-state index contributed by atoms with van der Waals surface area (Å²) in [6.07, 6.45) is 3.09. The molecule has 0 spiro atoms. The maximum Gasteiger partial charge on any atom is 0.0640 e. The van der Waals surface area contributed by atoms with Gasteiger partial charge in [-0.15, -0.1) is 0 Å². The van der Waals surface area contributed by atoms with Gasteiger partial charge in [0, 0.05) is 30.5 Å². The van der Waals surface area contributed by atoms with Gasteiger partial charge in [-0.05, 0) is 38.6 Å². The van der Waals surface area contributed by atoms with Crippen molar-refractivity contribution in [2.75, 3.05) is 18.6 Å². The van der Waals surface area contributed by atoms with Gasteiger partial charge in [-0.3, -0.25) is 4.68 Å². The van der Waals surface area contributed by atoms with Gasteiger partial charge in [-0.1, -0.05) is 13.8 Å². The number of thioether (sulfide) groups is 1. The fraction of sp³-hybridized carbons (Fsp3) is 0.786. The third-order valence-electron chi connectivity index (χ3n) is 2.83. The molecule has 1 aromatic rings. The summed E-state index contributed by atoms with van der Waals surface area (Å²) in [6.45, 7) is 8.85. The van der Waals surface area contributed by atoms with E-state index < -0.39 is 0 Å². The molecule has 104 valence electrons. The van der Waals surface area contributed by atoms with Crippen LogP contribution in [0.25, 0.3) is 0 Å². The molecule has 0 bridgehead atoms. The Kier molecular flexibility index (Phi) is 6.79. The van der Waals surface area contributed by atoms with Crippen LogP contribution in [0.1, 0.15) is 39.4 Å². The van der Waals surface area contributed by atoms with E-state index in [2.05, 4.69) is 50.4 Å². The van der Waals surface area contributed by atoms with E-state index >= 15 is 0 Å². The molecule has 0 saturated carbocycles. The highest BCUT2D eigenvalue weighted by molar-refractivity contribution is 7.99. The first-order valence-corrected chi connectivity index (χ1v) is 7.97. The lowest BCUT2D eigenvalue weighted by Crippen LogP contribution is -2.30. The summed E-state index contributed by atoms with van der Waals surface area (Å²) in [7, 11) is 2.04. The quantitative estimate of drug-likeness (QED) is 0.787. The molecule has 0 aliphatic carbocycles. The standard InChI is InChI=1S/C14H27N3S/c1-11(2)9-18-10-14(15-5)8-13-6-7-17(16-13)12(3)4/h6-7,11-12,14-15H,8-10H2,1-5H3. The van der Waals surface area contributed by atoms with Gasteiger partial charge in [0.1, 0.15) is 0 Å². The zero-order chi connectivity index (χ0) is 13.5. The molecule has 0 fully saturated rings. The van der Waals surface area contributed by atoms with E-state index in [1.807, 2.05) is 23.5 Å². The molecule has 1 atom stereocenters. The van der Waals surface area contributed by atoms with Crippen LogP contribution >= 0.6 is 11.8 Å². The van der Waals surface area contributed by atoms with E-state index in [4.69, 9.17) is 0 Å². The van der Waals surface area contributed by atoms with Crippen LogP contribution in [0, 0.1) is 5.92 Å². The number of aromatic nitrogens is 2. The molecule has 0 aromatic carbocycles. The highest BCUT2D eigenvalue weighted by Crippen LogP contribution is 2.12. The van der Waals surface area contributed by atoms with Crippen LogP contribution in [0.15, 0.2) is 12.3 Å². The summed E-state index contributed by atoms with van der Waals surface area (Å²) in [4.78, 5) is 0. The SMILES string of the molecule is CNC(CSCC(C)C)Cc1ccn(C(C)C)n1. The van der Waals surface area contributed by atoms with Crippen LogP contribution in [-0.2, 0) is 6.42 Å².